The van der Waals surface area contributed by atoms with Crippen LogP contribution in [-0.4, -0.2) is 29.4 Å². The van der Waals surface area contributed by atoms with Gasteiger partial charge in [-0.2, -0.15) is 0 Å². The van der Waals surface area contributed by atoms with Gasteiger partial charge in [0.25, 0.3) is 11.8 Å². The van der Waals surface area contributed by atoms with E-state index in [0.717, 1.165) is 10.9 Å². The number of hydrogen-bond acceptors (Lipinski definition) is 4. The molecule has 0 atom stereocenters. The van der Waals surface area contributed by atoms with E-state index in [1.807, 2.05) is 24.3 Å². The molecule has 0 bridgehead atoms. The summed E-state index contributed by atoms with van der Waals surface area (Å²) in [5.74, 6) is -1.88. The maximum Gasteiger partial charge on any atom is 0.355 e. The van der Waals surface area contributed by atoms with Crippen LogP contribution in [0, 0.1) is 0 Å². The molecule has 126 valence electrons. The first kappa shape index (κ1) is 16.3. The van der Waals surface area contributed by atoms with Crippen LogP contribution in [0.25, 0.3) is 10.9 Å². The normalized spacial score (nSPS) is 10.4. The zero-order chi connectivity index (χ0) is 17.8. The Balaban J connectivity index is 1.62. The number of hydrogen-bond donors (Lipinski definition) is 3. The molecule has 7 nitrogen and oxygen atoms in total. The van der Waals surface area contributed by atoms with Crippen LogP contribution in [-0.2, 0) is 9.53 Å². The average Bonchev–Trinajstić information content (AvgIpc) is 3.04. The number of ether oxygens (including phenoxy) is 1. The van der Waals surface area contributed by atoms with E-state index < -0.39 is 24.4 Å². The van der Waals surface area contributed by atoms with Crippen molar-refractivity contribution in [3.8, 4) is 0 Å². The zero-order valence-electron chi connectivity index (χ0n) is 13.1. The average molecular weight is 337 g/mol. The second kappa shape index (κ2) is 6.88. The quantitative estimate of drug-likeness (QED) is 0.618. The number of fused-ring (bicyclic) bond motifs is 1. The van der Waals surface area contributed by atoms with Crippen LogP contribution >= 0.6 is 0 Å². The van der Waals surface area contributed by atoms with Crippen molar-refractivity contribution in [3.05, 3.63) is 65.9 Å². The smallest absolute Gasteiger partial charge is 0.355 e. The maximum absolute atomic E-state index is 12.0. The van der Waals surface area contributed by atoms with E-state index in [4.69, 9.17) is 10.5 Å². The van der Waals surface area contributed by atoms with Crippen LogP contribution in [0.15, 0.2) is 54.6 Å². The zero-order valence-corrected chi connectivity index (χ0v) is 13.1. The molecule has 2 aromatic carbocycles. The molecule has 0 saturated heterocycles. The van der Waals surface area contributed by atoms with Crippen molar-refractivity contribution in [1.29, 1.82) is 0 Å². The molecule has 25 heavy (non-hydrogen) atoms. The van der Waals surface area contributed by atoms with Crippen molar-refractivity contribution in [2.75, 3.05) is 11.9 Å². The molecule has 0 aliphatic carbocycles. The van der Waals surface area contributed by atoms with Crippen LogP contribution < -0.4 is 11.1 Å². The van der Waals surface area contributed by atoms with Gasteiger partial charge in [0.2, 0.25) is 0 Å². The number of carbonyl (C=O) groups excluding carboxylic acids is 3. The van der Waals surface area contributed by atoms with Gasteiger partial charge in [0.05, 0.1) is 11.3 Å². The van der Waals surface area contributed by atoms with E-state index in [1.165, 1.54) is 12.1 Å². The standard InChI is InChI=1S/C18H15N3O4/c19-17(23)12-6-2-4-8-14(12)21-16(22)10-25-18(24)15-9-11-5-1-3-7-13(11)20-15/h1-9,20H,10H2,(H2,19,23)(H,21,22). The second-order valence-corrected chi connectivity index (χ2v) is 5.30. The molecule has 0 saturated carbocycles. The molecule has 3 aromatic rings. The molecule has 4 N–H and O–H groups in total. The second-order valence-electron chi connectivity index (χ2n) is 5.30. The van der Waals surface area contributed by atoms with Gasteiger partial charge in [-0.15, -0.1) is 0 Å². The summed E-state index contributed by atoms with van der Waals surface area (Å²) in [6.45, 7) is -0.485. The number of rotatable bonds is 5. The molecule has 0 aliphatic heterocycles. The maximum atomic E-state index is 12.0. The Labute approximate surface area is 142 Å². The SMILES string of the molecule is NC(=O)c1ccccc1NC(=O)COC(=O)c1cc2ccccc2[nH]1. The predicted molar refractivity (Wildman–Crippen MR) is 92.2 cm³/mol. The third-order valence-electron chi connectivity index (χ3n) is 3.55. The van der Waals surface area contributed by atoms with Gasteiger partial charge in [0.1, 0.15) is 5.69 Å². The molecule has 0 aliphatic rings. The summed E-state index contributed by atoms with van der Waals surface area (Å²) in [6, 6.07) is 15.4. The van der Waals surface area contributed by atoms with Crippen LogP contribution in [0.5, 0.6) is 0 Å². The number of nitrogens with one attached hydrogen (secondary N) is 2. The van der Waals surface area contributed by atoms with Crippen LogP contribution in [0.1, 0.15) is 20.8 Å². The van der Waals surface area contributed by atoms with Gasteiger partial charge in [0, 0.05) is 10.9 Å². The Morgan fingerprint density at radius 2 is 1.76 bits per heavy atom. The number of para-hydroxylation sites is 2. The lowest BCUT2D eigenvalue weighted by Crippen LogP contribution is -2.23. The highest BCUT2D eigenvalue weighted by Crippen LogP contribution is 2.16. The van der Waals surface area contributed by atoms with E-state index in [2.05, 4.69) is 10.3 Å². The van der Waals surface area contributed by atoms with Crippen molar-refractivity contribution in [3.63, 3.8) is 0 Å². The number of esters is 1. The van der Waals surface area contributed by atoms with Gasteiger partial charge in [-0.3, -0.25) is 9.59 Å². The first-order valence-corrected chi connectivity index (χ1v) is 7.48. The van der Waals surface area contributed by atoms with Crippen molar-refractivity contribution in [2.24, 2.45) is 5.73 Å². The summed E-state index contributed by atoms with van der Waals surface area (Å²) in [5.41, 5.74) is 6.75. The third-order valence-corrected chi connectivity index (χ3v) is 3.55. The molecule has 7 heteroatoms. The van der Waals surface area contributed by atoms with Crippen molar-refractivity contribution >= 4 is 34.4 Å². The number of nitrogens with two attached hydrogens (primary N) is 1. The molecule has 0 unspecified atom stereocenters. The number of benzene rings is 2. The number of H-pyrrole nitrogens is 1. The van der Waals surface area contributed by atoms with Gasteiger partial charge < -0.3 is 20.8 Å². The Morgan fingerprint density at radius 1 is 1.04 bits per heavy atom. The Morgan fingerprint density at radius 3 is 2.52 bits per heavy atom. The van der Waals surface area contributed by atoms with E-state index in [-0.39, 0.29) is 16.9 Å². The molecule has 3 rings (SSSR count). The van der Waals surface area contributed by atoms with E-state index in [0.29, 0.717) is 0 Å². The summed E-state index contributed by atoms with van der Waals surface area (Å²) < 4.78 is 4.99. The number of primary amides is 1. The summed E-state index contributed by atoms with van der Waals surface area (Å²) in [7, 11) is 0. The van der Waals surface area contributed by atoms with Gasteiger partial charge in [-0.1, -0.05) is 30.3 Å². The summed E-state index contributed by atoms with van der Waals surface area (Å²) in [6.07, 6.45) is 0. The number of amides is 2. The molecule has 1 aromatic heterocycles. The highest BCUT2D eigenvalue weighted by molar-refractivity contribution is 6.04. The number of anilines is 1. The largest absolute Gasteiger partial charge is 0.451 e. The fourth-order valence-corrected chi connectivity index (χ4v) is 2.39. The summed E-state index contributed by atoms with van der Waals surface area (Å²) >= 11 is 0. The Bertz CT molecular complexity index is 929. The fourth-order valence-electron chi connectivity index (χ4n) is 2.39. The highest BCUT2D eigenvalue weighted by atomic mass is 16.5. The molecule has 2 amide bonds. The fraction of sp³-hybridized carbons (Fsp3) is 0.0556. The van der Waals surface area contributed by atoms with Crippen LogP contribution in [0.4, 0.5) is 5.69 Å². The third kappa shape index (κ3) is 3.66. The van der Waals surface area contributed by atoms with Crippen LogP contribution in [0.3, 0.4) is 0 Å². The monoisotopic (exact) mass is 337 g/mol. The molecular weight excluding hydrogens is 322 g/mol. The predicted octanol–water partition coefficient (Wildman–Crippen LogP) is 2.06. The lowest BCUT2D eigenvalue weighted by atomic mass is 10.1. The van der Waals surface area contributed by atoms with Gasteiger partial charge >= 0.3 is 5.97 Å². The minimum atomic E-state index is -0.661. The molecule has 0 radical (unpaired) electrons. The summed E-state index contributed by atoms with van der Waals surface area (Å²) in [4.78, 5) is 38.2. The van der Waals surface area contributed by atoms with E-state index in [9.17, 15) is 14.4 Å². The number of aromatic amines is 1. The van der Waals surface area contributed by atoms with E-state index >= 15 is 0 Å². The van der Waals surface area contributed by atoms with Crippen molar-refractivity contribution in [1.82, 2.24) is 4.98 Å². The minimum absolute atomic E-state index is 0.179. The number of carbonyl (C=O) groups is 3. The van der Waals surface area contributed by atoms with Gasteiger partial charge in [-0.05, 0) is 24.3 Å². The Kier molecular flexibility index (Phi) is 4.47. The molecular formula is C18H15N3O4. The highest BCUT2D eigenvalue weighted by Gasteiger charge is 2.14. The first-order valence-electron chi connectivity index (χ1n) is 7.48. The minimum Gasteiger partial charge on any atom is -0.451 e. The summed E-state index contributed by atoms with van der Waals surface area (Å²) in [5, 5.41) is 3.37. The van der Waals surface area contributed by atoms with Gasteiger partial charge in [0.15, 0.2) is 6.61 Å². The molecule has 0 spiro atoms. The molecule has 0 fully saturated rings. The van der Waals surface area contributed by atoms with E-state index in [1.54, 1.807) is 18.2 Å². The lowest BCUT2D eigenvalue weighted by molar-refractivity contribution is -0.119. The molecule has 1 heterocycles. The first-order chi connectivity index (χ1) is 12.0. The van der Waals surface area contributed by atoms with Crippen LogP contribution in [0.2, 0.25) is 0 Å². The number of aromatic nitrogens is 1. The topological polar surface area (TPSA) is 114 Å². The van der Waals surface area contributed by atoms with Crippen molar-refractivity contribution < 1.29 is 19.1 Å². The van der Waals surface area contributed by atoms with Gasteiger partial charge in [-0.25, -0.2) is 4.79 Å². The lowest BCUT2D eigenvalue weighted by Gasteiger charge is -2.08. The van der Waals surface area contributed by atoms with Crippen molar-refractivity contribution in [2.45, 2.75) is 0 Å². The Hall–Kier alpha value is -3.61.